The number of aliphatic carboxylic acids is 2. The number of hydrogen-bond donors (Lipinski definition) is 3. The van der Waals surface area contributed by atoms with Gasteiger partial charge in [0.15, 0.2) is 5.78 Å². The standard InChI is InChI=1S/C18H12ClNO5/c19-13-8-4-7-11-12(9-20-14(11)13)18(16(22)23,17(24)25)15(21)10-5-2-1-3-6-10/h1-9,20H,(H,22,23)(H,24,25). The smallest absolute Gasteiger partial charge is 0.333 e. The molecule has 25 heavy (non-hydrogen) atoms. The van der Waals surface area contributed by atoms with Crippen LogP contribution >= 0.6 is 11.6 Å². The number of benzene rings is 2. The molecule has 3 N–H and O–H groups in total. The molecular weight excluding hydrogens is 346 g/mol. The molecule has 0 aliphatic carbocycles. The summed E-state index contributed by atoms with van der Waals surface area (Å²) in [5.41, 5.74) is -2.60. The van der Waals surface area contributed by atoms with Crippen molar-refractivity contribution in [1.29, 1.82) is 0 Å². The molecule has 3 rings (SSSR count). The highest BCUT2D eigenvalue weighted by Crippen LogP contribution is 2.36. The number of carboxylic acid groups (broad SMARTS) is 2. The Morgan fingerprint density at radius 2 is 1.56 bits per heavy atom. The number of para-hydroxylation sites is 1. The van der Waals surface area contributed by atoms with E-state index in [1.54, 1.807) is 18.2 Å². The molecule has 0 atom stereocenters. The Morgan fingerprint density at radius 3 is 2.16 bits per heavy atom. The number of carbonyl (C=O) groups excluding carboxylic acids is 1. The van der Waals surface area contributed by atoms with Gasteiger partial charge in [0.1, 0.15) is 0 Å². The van der Waals surface area contributed by atoms with Gasteiger partial charge in [-0.15, -0.1) is 0 Å². The predicted molar refractivity (Wildman–Crippen MR) is 91.0 cm³/mol. The van der Waals surface area contributed by atoms with Crippen LogP contribution < -0.4 is 0 Å². The van der Waals surface area contributed by atoms with E-state index in [1.165, 1.54) is 36.5 Å². The molecule has 0 unspecified atom stereocenters. The molecule has 126 valence electrons. The Morgan fingerprint density at radius 1 is 0.920 bits per heavy atom. The molecule has 2 aromatic carbocycles. The van der Waals surface area contributed by atoms with Crippen molar-refractivity contribution >= 4 is 40.2 Å². The van der Waals surface area contributed by atoms with Crippen LogP contribution in [0.25, 0.3) is 10.9 Å². The third-order valence-electron chi connectivity index (χ3n) is 4.09. The van der Waals surface area contributed by atoms with Gasteiger partial charge in [-0.2, -0.15) is 0 Å². The molecule has 1 heterocycles. The summed E-state index contributed by atoms with van der Waals surface area (Å²) in [5, 5.41) is 20.1. The summed E-state index contributed by atoms with van der Waals surface area (Å²) >= 11 is 6.07. The molecule has 3 aromatic rings. The fraction of sp³-hybridized carbons (Fsp3) is 0.0556. The summed E-state index contributed by atoms with van der Waals surface area (Å²) in [5.74, 6) is -4.57. The van der Waals surface area contributed by atoms with Crippen LogP contribution in [0.4, 0.5) is 0 Å². The Kier molecular flexibility index (Phi) is 4.06. The number of aromatic nitrogens is 1. The van der Waals surface area contributed by atoms with Crippen LogP contribution in [0, 0.1) is 0 Å². The first-order chi connectivity index (χ1) is 11.9. The van der Waals surface area contributed by atoms with Crippen molar-refractivity contribution in [2.45, 2.75) is 5.41 Å². The molecule has 0 amide bonds. The maximum absolute atomic E-state index is 13.0. The van der Waals surface area contributed by atoms with E-state index < -0.39 is 23.1 Å². The monoisotopic (exact) mass is 357 g/mol. The average Bonchev–Trinajstić information content (AvgIpc) is 3.01. The van der Waals surface area contributed by atoms with E-state index in [1.807, 2.05) is 0 Å². The number of rotatable bonds is 5. The highest BCUT2D eigenvalue weighted by atomic mass is 35.5. The number of fused-ring (bicyclic) bond motifs is 1. The molecule has 7 heteroatoms. The molecule has 0 radical (unpaired) electrons. The van der Waals surface area contributed by atoms with Crippen LogP contribution in [0.15, 0.2) is 54.7 Å². The summed E-state index contributed by atoms with van der Waals surface area (Å²) in [6.45, 7) is 0. The molecule has 0 bridgehead atoms. The molecule has 0 aliphatic rings. The van der Waals surface area contributed by atoms with Gasteiger partial charge in [0.05, 0.1) is 10.5 Å². The van der Waals surface area contributed by atoms with E-state index in [0.29, 0.717) is 10.5 Å². The molecule has 0 spiro atoms. The van der Waals surface area contributed by atoms with Gasteiger partial charge < -0.3 is 15.2 Å². The van der Waals surface area contributed by atoms with Crippen molar-refractivity contribution < 1.29 is 24.6 Å². The Balaban J connectivity index is 2.36. The van der Waals surface area contributed by atoms with Crippen LogP contribution in [-0.4, -0.2) is 32.9 Å². The van der Waals surface area contributed by atoms with E-state index in [4.69, 9.17) is 11.6 Å². The Labute approximate surface area is 146 Å². The summed E-state index contributed by atoms with van der Waals surface area (Å²) in [4.78, 5) is 39.8. The number of aromatic amines is 1. The summed E-state index contributed by atoms with van der Waals surface area (Å²) in [6.07, 6.45) is 1.21. The lowest BCUT2D eigenvalue weighted by Gasteiger charge is -2.23. The second kappa shape index (κ2) is 6.07. The number of halogens is 1. The fourth-order valence-electron chi connectivity index (χ4n) is 2.87. The van der Waals surface area contributed by atoms with Crippen molar-refractivity contribution in [2.75, 3.05) is 0 Å². The minimum atomic E-state index is -2.79. The van der Waals surface area contributed by atoms with E-state index in [9.17, 15) is 24.6 Å². The zero-order chi connectivity index (χ0) is 18.2. The minimum absolute atomic E-state index is 0.0105. The first-order valence-corrected chi connectivity index (χ1v) is 7.61. The number of carbonyl (C=O) groups is 3. The highest BCUT2D eigenvalue weighted by molar-refractivity contribution is 6.36. The maximum atomic E-state index is 13.0. The van der Waals surface area contributed by atoms with Crippen LogP contribution in [0.3, 0.4) is 0 Å². The lowest BCUT2D eigenvalue weighted by atomic mass is 9.74. The number of nitrogens with one attached hydrogen (secondary N) is 1. The molecule has 6 nitrogen and oxygen atoms in total. The second-order valence-electron chi connectivity index (χ2n) is 5.42. The summed E-state index contributed by atoms with van der Waals surface area (Å²) < 4.78 is 0. The highest BCUT2D eigenvalue weighted by Gasteiger charge is 2.56. The van der Waals surface area contributed by atoms with Crippen molar-refractivity contribution in [3.63, 3.8) is 0 Å². The summed E-state index contributed by atoms with van der Waals surface area (Å²) in [6, 6.07) is 12.1. The Bertz CT molecular complexity index is 979. The van der Waals surface area contributed by atoms with Gasteiger partial charge >= 0.3 is 11.9 Å². The lowest BCUT2D eigenvalue weighted by Crippen LogP contribution is -2.50. The van der Waals surface area contributed by atoms with E-state index in [2.05, 4.69) is 4.98 Å². The fourth-order valence-corrected chi connectivity index (χ4v) is 3.10. The average molecular weight is 358 g/mol. The first-order valence-electron chi connectivity index (χ1n) is 7.23. The zero-order valence-electron chi connectivity index (χ0n) is 12.7. The van der Waals surface area contributed by atoms with Crippen LogP contribution in [-0.2, 0) is 15.0 Å². The minimum Gasteiger partial charge on any atom is -0.480 e. The maximum Gasteiger partial charge on any atom is 0.333 e. The predicted octanol–water partition coefficient (Wildman–Crippen LogP) is 3.11. The van der Waals surface area contributed by atoms with E-state index in [0.717, 1.165) is 0 Å². The van der Waals surface area contributed by atoms with E-state index in [-0.39, 0.29) is 16.5 Å². The van der Waals surface area contributed by atoms with Gasteiger partial charge in [-0.1, -0.05) is 54.1 Å². The topological polar surface area (TPSA) is 107 Å². The van der Waals surface area contributed by atoms with Crippen molar-refractivity contribution in [3.8, 4) is 0 Å². The van der Waals surface area contributed by atoms with Crippen molar-refractivity contribution in [1.82, 2.24) is 4.98 Å². The van der Waals surface area contributed by atoms with Crippen LogP contribution in [0.5, 0.6) is 0 Å². The molecular formula is C18H12ClNO5. The van der Waals surface area contributed by atoms with Crippen LogP contribution in [0.1, 0.15) is 15.9 Å². The van der Waals surface area contributed by atoms with Crippen LogP contribution in [0.2, 0.25) is 5.02 Å². The number of Topliss-reactive ketones (excluding diaryl/α,β-unsaturated/α-hetero) is 1. The third kappa shape index (κ3) is 2.38. The molecule has 0 aliphatic heterocycles. The van der Waals surface area contributed by atoms with Gasteiger partial charge in [-0.05, 0) is 6.07 Å². The second-order valence-corrected chi connectivity index (χ2v) is 5.83. The lowest BCUT2D eigenvalue weighted by molar-refractivity contribution is -0.154. The number of ketones is 1. The van der Waals surface area contributed by atoms with Gasteiger partial charge in [0, 0.05) is 22.7 Å². The Hall–Kier alpha value is -3.12. The summed E-state index contributed by atoms with van der Waals surface area (Å²) in [7, 11) is 0. The molecule has 0 saturated carbocycles. The molecule has 0 fully saturated rings. The van der Waals surface area contributed by atoms with Gasteiger partial charge in [-0.25, -0.2) is 0 Å². The SMILES string of the molecule is O=C(O)C(C(=O)O)(C(=O)c1ccccc1)c1c[nH]c2c(Cl)cccc12. The first kappa shape index (κ1) is 16.7. The van der Waals surface area contributed by atoms with Gasteiger partial charge in [0.25, 0.3) is 5.41 Å². The number of H-pyrrole nitrogens is 1. The van der Waals surface area contributed by atoms with Crippen molar-refractivity contribution in [2.24, 2.45) is 0 Å². The zero-order valence-corrected chi connectivity index (χ0v) is 13.4. The molecule has 0 saturated heterocycles. The number of carboxylic acids is 2. The van der Waals surface area contributed by atoms with Gasteiger partial charge in [0.2, 0.25) is 0 Å². The number of hydrogen-bond acceptors (Lipinski definition) is 3. The third-order valence-corrected chi connectivity index (χ3v) is 4.40. The normalized spacial score (nSPS) is 11.4. The quantitative estimate of drug-likeness (QED) is 0.480. The van der Waals surface area contributed by atoms with Gasteiger partial charge in [-0.3, -0.25) is 14.4 Å². The van der Waals surface area contributed by atoms with E-state index >= 15 is 0 Å². The van der Waals surface area contributed by atoms with Crippen molar-refractivity contribution in [3.05, 3.63) is 70.9 Å². The molecule has 1 aromatic heterocycles. The largest absolute Gasteiger partial charge is 0.480 e.